The number of carboxylic acids is 1. The molecule has 0 bridgehead atoms. The van der Waals surface area contributed by atoms with E-state index in [2.05, 4.69) is 4.90 Å². The second-order valence-corrected chi connectivity index (χ2v) is 6.99. The third-order valence-corrected chi connectivity index (χ3v) is 5.49. The van der Waals surface area contributed by atoms with E-state index >= 15 is 0 Å². The van der Waals surface area contributed by atoms with Crippen LogP contribution in [-0.2, 0) is 9.59 Å². The Morgan fingerprint density at radius 3 is 2.25 bits per heavy atom. The average molecular weight is 350 g/mol. The van der Waals surface area contributed by atoms with Crippen LogP contribution in [0.3, 0.4) is 0 Å². The van der Waals surface area contributed by atoms with Crippen LogP contribution in [0.2, 0.25) is 5.02 Å². The van der Waals surface area contributed by atoms with Crippen LogP contribution >= 0.6 is 11.6 Å². The number of anilines is 1. The SMILES string of the molecule is O=C([O-])[C@@H]1CCCC[C@H]1C(=O)N1CCN(c2ccccc2Cl)CC1. The van der Waals surface area contributed by atoms with Gasteiger partial charge in [-0.1, -0.05) is 36.6 Å². The van der Waals surface area contributed by atoms with Gasteiger partial charge in [0.2, 0.25) is 5.91 Å². The summed E-state index contributed by atoms with van der Waals surface area (Å²) in [6, 6.07) is 7.69. The maximum atomic E-state index is 12.8. The van der Waals surface area contributed by atoms with E-state index in [0.29, 0.717) is 44.0 Å². The lowest BCUT2D eigenvalue weighted by Gasteiger charge is -2.40. The van der Waals surface area contributed by atoms with E-state index in [9.17, 15) is 14.7 Å². The average Bonchev–Trinajstić information content (AvgIpc) is 2.62. The Bertz CT molecular complexity index is 614. The number of benzene rings is 1. The predicted octanol–water partition coefficient (Wildman–Crippen LogP) is 1.54. The summed E-state index contributed by atoms with van der Waals surface area (Å²) in [5.74, 6) is -2.16. The minimum absolute atomic E-state index is 0.0253. The van der Waals surface area contributed by atoms with Crippen LogP contribution in [-0.4, -0.2) is 43.0 Å². The number of carbonyl (C=O) groups is 2. The molecule has 1 saturated carbocycles. The highest BCUT2D eigenvalue weighted by Gasteiger charge is 2.35. The Morgan fingerprint density at radius 2 is 1.62 bits per heavy atom. The van der Waals surface area contributed by atoms with Gasteiger partial charge in [-0.05, 0) is 25.0 Å². The molecule has 2 fully saturated rings. The van der Waals surface area contributed by atoms with Gasteiger partial charge in [-0.15, -0.1) is 0 Å². The Labute approximate surface area is 147 Å². The highest BCUT2D eigenvalue weighted by atomic mass is 35.5. The quantitative estimate of drug-likeness (QED) is 0.830. The van der Waals surface area contributed by atoms with E-state index in [0.717, 1.165) is 18.5 Å². The molecule has 1 amide bonds. The maximum absolute atomic E-state index is 12.8. The molecule has 0 N–H and O–H groups in total. The van der Waals surface area contributed by atoms with E-state index in [4.69, 9.17) is 11.6 Å². The summed E-state index contributed by atoms with van der Waals surface area (Å²) in [4.78, 5) is 28.1. The number of halogens is 1. The molecule has 6 heteroatoms. The molecular weight excluding hydrogens is 328 g/mol. The van der Waals surface area contributed by atoms with Crippen LogP contribution in [0.15, 0.2) is 24.3 Å². The number of piperazine rings is 1. The second kappa shape index (κ2) is 7.43. The van der Waals surface area contributed by atoms with Crippen molar-refractivity contribution in [3.05, 3.63) is 29.3 Å². The van der Waals surface area contributed by atoms with Crippen molar-refractivity contribution in [2.45, 2.75) is 25.7 Å². The molecule has 1 saturated heterocycles. The molecule has 1 aromatic rings. The lowest BCUT2D eigenvalue weighted by molar-refractivity contribution is -0.314. The minimum Gasteiger partial charge on any atom is -0.550 e. The normalized spacial score (nSPS) is 24.7. The molecule has 2 atom stereocenters. The number of amides is 1. The standard InChI is InChI=1S/C18H23ClN2O3/c19-15-7-3-4-8-16(15)20-9-11-21(12-10-20)17(22)13-5-1-2-6-14(13)18(23)24/h3-4,7-8,13-14H,1-2,5-6,9-12H2,(H,23,24)/p-1/t13-,14-/m1/s1. The number of hydrogen-bond donors (Lipinski definition) is 0. The first-order valence-electron chi connectivity index (χ1n) is 8.57. The van der Waals surface area contributed by atoms with Crippen molar-refractivity contribution in [3.63, 3.8) is 0 Å². The van der Waals surface area contributed by atoms with Crippen LogP contribution in [0, 0.1) is 11.8 Å². The van der Waals surface area contributed by atoms with Gasteiger partial charge in [0.15, 0.2) is 0 Å². The fraction of sp³-hybridized carbons (Fsp3) is 0.556. The summed E-state index contributed by atoms with van der Waals surface area (Å²) in [6.07, 6.45) is 2.99. The van der Waals surface area contributed by atoms with Crippen LogP contribution in [0.4, 0.5) is 5.69 Å². The van der Waals surface area contributed by atoms with Crippen LogP contribution < -0.4 is 10.0 Å². The zero-order valence-electron chi connectivity index (χ0n) is 13.6. The number of aliphatic carboxylic acids is 1. The van der Waals surface area contributed by atoms with Crippen LogP contribution in [0.25, 0.3) is 0 Å². The molecule has 1 aliphatic carbocycles. The summed E-state index contributed by atoms with van der Waals surface area (Å²) in [5, 5.41) is 12.0. The van der Waals surface area contributed by atoms with Crippen LogP contribution in [0.1, 0.15) is 25.7 Å². The molecule has 0 radical (unpaired) electrons. The van der Waals surface area contributed by atoms with E-state index in [-0.39, 0.29) is 5.91 Å². The Balaban J connectivity index is 1.62. The topological polar surface area (TPSA) is 63.7 Å². The number of para-hydroxylation sites is 1. The summed E-state index contributed by atoms with van der Waals surface area (Å²) in [5.41, 5.74) is 0.983. The maximum Gasteiger partial charge on any atom is 0.226 e. The number of carboxylic acid groups (broad SMARTS) is 1. The van der Waals surface area contributed by atoms with Crippen molar-refractivity contribution in [1.82, 2.24) is 4.90 Å². The number of nitrogens with zero attached hydrogens (tertiary/aromatic N) is 2. The Morgan fingerprint density at radius 1 is 1.00 bits per heavy atom. The zero-order valence-corrected chi connectivity index (χ0v) is 14.4. The molecule has 2 aliphatic rings. The molecule has 0 aromatic heterocycles. The highest BCUT2D eigenvalue weighted by Crippen LogP contribution is 2.32. The Hall–Kier alpha value is -1.75. The molecule has 1 aromatic carbocycles. The van der Waals surface area contributed by atoms with Gasteiger partial charge in [0, 0.05) is 44.0 Å². The number of rotatable bonds is 3. The molecule has 0 unspecified atom stereocenters. The highest BCUT2D eigenvalue weighted by molar-refractivity contribution is 6.33. The van der Waals surface area contributed by atoms with E-state index in [1.54, 1.807) is 4.90 Å². The summed E-state index contributed by atoms with van der Waals surface area (Å²) < 4.78 is 0. The third kappa shape index (κ3) is 3.51. The first kappa shape index (κ1) is 17.1. The van der Waals surface area contributed by atoms with Crippen molar-refractivity contribution in [1.29, 1.82) is 0 Å². The van der Waals surface area contributed by atoms with Gasteiger partial charge in [-0.25, -0.2) is 0 Å². The van der Waals surface area contributed by atoms with Crippen molar-refractivity contribution in [2.75, 3.05) is 31.1 Å². The van der Waals surface area contributed by atoms with Crippen molar-refractivity contribution in [3.8, 4) is 0 Å². The lowest BCUT2D eigenvalue weighted by Crippen LogP contribution is -2.53. The molecular formula is C18H22ClN2O3-. The monoisotopic (exact) mass is 349 g/mol. The summed E-state index contributed by atoms with van der Waals surface area (Å²) in [6.45, 7) is 2.61. The van der Waals surface area contributed by atoms with Gasteiger partial charge < -0.3 is 19.7 Å². The molecule has 130 valence electrons. The summed E-state index contributed by atoms with van der Waals surface area (Å²) >= 11 is 6.24. The summed E-state index contributed by atoms with van der Waals surface area (Å²) in [7, 11) is 0. The van der Waals surface area contributed by atoms with Gasteiger partial charge in [-0.2, -0.15) is 0 Å². The molecule has 1 aliphatic heterocycles. The van der Waals surface area contributed by atoms with Gasteiger partial charge in [0.25, 0.3) is 0 Å². The molecule has 1 heterocycles. The van der Waals surface area contributed by atoms with Crippen molar-refractivity contribution in [2.24, 2.45) is 11.8 Å². The smallest absolute Gasteiger partial charge is 0.226 e. The van der Waals surface area contributed by atoms with Gasteiger partial charge in [0.05, 0.1) is 10.7 Å². The third-order valence-electron chi connectivity index (χ3n) is 5.17. The molecule has 24 heavy (non-hydrogen) atoms. The van der Waals surface area contributed by atoms with E-state index < -0.39 is 17.8 Å². The fourth-order valence-corrected chi connectivity index (χ4v) is 4.07. The van der Waals surface area contributed by atoms with Gasteiger partial charge in [0.1, 0.15) is 0 Å². The van der Waals surface area contributed by atoms with Crippen molar-refractivity contribution >= 4 is 29.2 Å². The van der Waals surface area contributed by atoms with Gasteiger partial charge >= 0.3 is 0 Å². The lowest BCUT2D eigenvalue weighted by atomic mass is 9.78. The number of hydrogen-bond acceptors (Lipinski definition) is 4. The molecule has 5 nitrogen and oxygen atoms in total. The first-order chi connectivity index (χ1) is 11.6. The Kier molecular flexibility index (Phi) is 5.29. The van der Waals surface area contributed by atoms with E-state index in [1.807, 2.05) is 24.3 Å². The van der Waals surface area contributed by atoms with Crippen LogP contribution in [0.5, 0.6) is 0 Å². The number of carbonyl (C=O) groups excluding carboxylic acids is 2. The van der Waals surface area contributed by atoms with Crippen molar-refractivity contribution < 1.29 is 14.7 Å². The van der Waals surface area contributed by atoms with Gasteiger partial charge in [-0.3, -0.25) is 4.79 Å². The zero-order chi connectivity index (χ0) is 17.1. The first-order valence-corrected chi connectivity index (χ1v) is 8.95. The fourth-order valence-electron chi connectivity index (χ4n) is 3.82. The second-order valence-electron chi connectivity index (χ2n) is 6.58. The largest absolute Gasteiger partial charge is 0.550 e. The van der Waals surface area contributed by atoms with E-state index in [1.165, 1.54) is 0 Å². The molecule has 0 spiro atoms. The minimum atomic E-state index is -1.08. The molecule has 3 rings (SSSR count). The predicted molar refractivity (Wildman–Crippen MR) is 90.7 cm³/mol.